The van der Waals surface area contributed by atoms with Crippen molar-refractivity contribution in [3.63, 3.8) is 0 Å². The third kappa shape index (κ3) is 3.10. The van der Waals surface area contributed by atoms with E-state index < -0.39 is 0 Å². The van der Waals surface area contributed by atoms with Crippen LogP contribution in [0.5, 0.6) is 0 Å². The maximum atomic E-state index is 4.38. The molecule has 1 unspecified atom stereocenters. The quantitative estimate of drug-likeness (QED) is 0.904. The van der Waals surface area contributed by atoms with Crippen LogP contribution in [0.4, 0.5) is 0 Å². The fourth-order valence-electron chi connectivity index (χ4n) is 2.64. The number of aryl methyl sites for hydroxylation is 3. The molecule has 20 heavy (non-hydrogen) atoms. The summed E-state index contributed by atoms with van der Waals surface area (Å²) in [6, 6.07) is 7.01. The first-order valence-corrected chi connectivity index (χ1v) is 7.31. The third-order valence-electron chi connectivity index (χ3n) is 4.03. The molecule has 0 aliphatic carbocycles. The van der Waals surface area contributed by atoms with E-state index in [0.717, 1.165) is 13.0 Å². The summed E-state index contributed by atoms with van der Waals surface area (Å²) in [6.45, 7) is 9.59. The SMILES string of the molecule is CCNC(Cc1cc(C)ccc1C)c1cnn(C)c1C. The second-order valence-corrected chi connectivity index (χ2v) is 5.55. The predicted molar refractivity (Wildman–Crippen MR) is 84.0 cm³/mol. The molecule has 0 saturated heterocycles. The first-order valence-electron chi connectivity index (χ1n) is 7.31. The first-order chi connectivity index (χ1) is 9.52. The van der Waals surface area contributed by atoms with Gasteiger partial charge in [0.15, 0.2) is 0 Å². The molecule has 1 aromatic heterocycles. The van der Waals surface area contributed by atoms with E-state index in [1.54, 1.807) is 0 Å². The van der Waals surface area contributed by atoms with Gasteiger partial charge in [0.05, 0.1) is 6.20 Å². The number of hydrogen-bond acceptors (Lipinski definition) is 2. The summed E-state index contributed by atoms with van der Waals surface area (Å²) in [4.78, 5) is 0. The van der Waals surface area contributed by atoms with E-state index in [4.69, 9.17) is 0 Å². The monoisotopic (exact) mass is 271 g/mol. The Bertz CT molecular complexity index is 584. The van der Waals surface area contributed by atoms with Gasteiger partial charge in [-0.2, -0.15) is 5.10 Å². The molecule has 0 saturated carbocycles. The zero-order chi connectivity index (χ0) is 14.7. The van der Waals surface area contributed by atoms with Crippen molar-refractivity contribution in [2.75, 3.05) is 6.54 Å². The van der Waals surface area contributed by atoms with Crippen molar-refractivity contribution in [2.24, 2.45) is 7.05 Å². The second kappa shape index (κ2) is 6.23. The number of benzene rings is 1. The van der Waals surface area contributed by atoms with Gasteiger partial charge in [0.2, 0.25) is 0 Å². The summed E-state index contributed by atoms with van der Waals surface area (Å²) in [7, 11) is 2.00. The molecule has 3 nitrogen and oxygen atoms in total. The molecule has 3 heteroatoms. The number of aromatic nitrogens is 2. The molecule has 0 aliphatic rings. The van der Waals surface area contributed by atoms with Crippen molar-refractivity contribution < 1.29 is 0 Å². The summed E-state index contributed by atoms with van der Waals surface area (Å²) in [5.74, 6) is 0. The Morgan fingerprint density at radius 1 is 1.25 bits per heavy atom. The summed E-state index contributed by atoms with van der Waals surface area (Å²) in [6.07, 6.45) is 3.00. The molecule has 0 fully saturated rings. The Morgan fingerprint density at radius 3 is 2.60 bits per heavy atom. The Balaban J connectivity index is 2.30. The maximum absolute atomic E-state index is 4.38. The van der Waals surface area contributed by atoms with Gasteiger partial charge in [-0.05, 0) is 44.9 Å². The van der Waals surface area contributed by atoms with Gasteiger partial charge in [-0.3, -0.25) is 4.68 Å². The number of hydrogen-bond donors (Lipinski definition) is 1. The van der Waals surface area contributed by atoms with Crippen LogP contribution in [-0.2, 0) is 13.5 Å². The molecule has 2 rings (SSSR count). The van der Waals surface area contributed by atoms with E-state index in [-0.39, 0.29) is 0 Å². The normalized spacial score (nSPS) is 12.7. The van der Waals surface area contributed by atoms with Crippen LogP contribution >= 0.6 is 0 Å². The van der Waals surface area contributed by atoms with Crippen LogP contribution in [0.15, 0.2) is 24.4 Å². The molecule has 2 aromatic rings. The highest BCUT2D eigenvalue weighted by Crippen LogP contribution is 2.23. The van der Waals surface area contributed by atoms with Crippen molar-refractivity contribution in [3.05, 3.63) is 52.3 Å². The zero-order valence-electron chi connectivity index (χ0n) is 13.2. The fraction of sp³-hybridized carbons (Fsp3) is 0.471. The van der Waals surface area contributed by atoms with Crippen molar-refractivity contribution in [1.82, 2.24) is 15.1 Å². The fourth-order valence-corrected chi connectivity index (χ4v) is 2.64. The van der Waals surface area contributed by atoms with Crippen LogP contribution in [0.25, 0.3) is 0 Å². The van der Waals surface area contributed by atoms with E-state index in [9.17, 15) is 0 Å². The standard InChI is InChI=1S/C17H25N3/c1-6-18-17(16-11-19-20(5)14(16)4)10-15-9-12(2)7-8-13(15)3/h7-9,11,17-18H,6,10H2,1-5H3. The average Bonchev–Trinajstić information content (AvgIpc) is 2.74. The minimum atomic E-state index is 0.328. The van der Waals surface area contributed by atoms with E-state index >= 15 is 0 Å². The molecule has 108 valence electrons. The van der Waals surface area contributed by atoms with Gasteiger partial charge in [0.1, 0.15) is 0 Å². The molecule has 0 aliphatic heterocycles. The molecular formula is C17H25N3. The van der Waals surface area contributed by atoms with Gasteiger partial charge in [0.25, 0.3) is 0 Å². The minimum Gasteiger partial charge on any atom is -0.310 e. The van der Waals surface area contributed by atoms with Gasteiger partial charge < -0.3 is 5.32 Å². The lowest BCUT2D eigenvalue weighted by atomic mass is 9.95. The number of nitrogens with zero attached hydrogens (tertiary/aromatic N) is 2. The molecule has 1 aromatic carbocycles. The van der Waals surface area contributed by atoms with E-state index in [1.165, 1.54) is 27.9 Å². The lowest BCUT2D eigenvalue weighted by Gasteiger charge is -2.19. The van der Waals surface area contributed by atoms with Crippen molar-refractivity contribution in [1.29, 1.82) is 0 Å². The third-order valence-corrected chi connectivity index (χ3v) is 4.03. The molecule has 0 spiro atoms. The topological polar surface area (TPSA) is 29.9 Å². The Morgan fingerprint density at radius 2 is 2.00 bits per heavy atom. The summed E-state index contributed by atoms with van der Waals surface area (Å²) in [5.41, 5.74) is 6.64. The second-order valence-electron chi connectivity index (χ2n) is 5.55. The Labute approximate surface area is 122 Å². The van der Waals surface area contributed by atoms with Gasteiger partial charge >= 0.3 is 0 Å². The van der Waals surface area contributed by atoms with Crippen LogP contribution in [0.1, 0.15) is 40.9 Å². The maximum Gasteiger partial charge on any atom is 0.0540 e. The van der Waals surface area contributed by atoms with Gasteiger partial charge in [-0.15, -0.1) is 0 Å². The first kappa shape index (κ1) is 14.8. The average molecular weight is 271 g/mol. The highest BCUT2D eigenvalue weighted by atomic mass is 15.3. The molecule has 1 N–H and O–H groups in total. The summed E-state index contributed by atoms with van der Waals surface area (Å²) < 4.78 is 1.95. The van der Waals surface area contributed by atoms with Crippen molar-refractivity contribution in [2.45, 2.75) is 40.2 Å². The van der Waals surface area contributed by atoms with Gasteiger partial charge in [0, 0.05) is 24.3 Å². The minimum absolute atomic E-state index is 0.328. The van der Waals surface area contributed by atoms with Crippen molar-refractivity contribution in [3.8, 4) is 0 Å². The van der Waals surface area contributed by atoms with Gasteiger partial charge in [-0.25, -0.2) is 0 Å². The van der Waals surface area contributed by atoms with Crippen LogP contribution in [0, 0.1) is 20.8 Å². The van der Waals surface area contributed by atoms with E-state index in [0.29, 0.717) is 6.04 Å². The molecule has 0 bridgehead atoms. The van der Waals surface area contributed by atoms with E-state index in [1.807, 2.05) is 17.9 Å². The summed E-state index contributed by atoms with van der Waals surface area (Å²) in [5, 5.41) is 7.97. The van der Waals surface area contributed by atoms with Crippen LogP contribution in [0.3, 0.4) is 0 Å². The molecular weight excluding hydrogens is 246 g/mol. The van der Waals surface area contributed by atoms with Gasteiger partial charge in [-0.1, -0.05) is 30.7 Å². The lowest BCUT2D eigenvalue weighted by Crippen LogP contribution is -2.23. The Kier molecular flexibility index (Phi) is 4.61. The Hall–Kier alpha value is -1.61. The molecule has 1 atom stereocenters. The smallest absolute Gasteiger partial charge is 0.0540 e. The molecule has 0 amide bonds. The van der Waals surface area contributed by atoms with Crippen LogP contribution < -0.4 is 5.32 Å². The van der Waals surface area contributed by atoms with Crippen molar-refractivity contribution >= 4 is 0 Å². The number of likely N-dealkylation sites (N-methyl/N-ethyl adjacent to an activating group) is 1. The zero-order valence-corrected chi connectivity index (χ0v) is 13.2. The molecule has 1 heterocycles. The highest BCUT2D eigenvalue weighted by molar-refractivity contribution is 5.33. The predicted octanol–water partition coefficient (Wildman–Crippen LogP) is 3.24. The highest BCUT2D eigenvalue weighted by Gasteiger charge is 2.17. The van der Waals surface area contributed by atoms with Crippen LogP contribution in [0.2, 0.25) is 0 Å². The van der Waals surface area contributed by atoms with E-state index in [2.05, 4.69) is 56.3 Å². The molecule has 0 radical (unpaired) electrons. The van der Waals surface area contributed by atoms with Crippen LogP contribution in [-0.4, -0.2) is 16.3 Å². The largest absolute Gasteiger partial charge is 0.310 e. The number of rotatable bonds is 5. The number of nitrogens with one attached hydrogen (secondary N) is 1. The summed E-state index contributed by atoms with van der Waals surface area (Å²) >= 11 is 0. The lowest BCUT2D eigenvalue weighted by molar-refractivity contribution is 0.545.